The number of hydrogen-bond donors (Lipinski definition) is 0. The van der Waals surface area contributed by atoms with Crippen molar-refractivity contribution in [2.45, 2.75) is 0 Å². The SMILES string of the molecule is c1ccc(-c2ccc3cc(N(c4ccc(-c5cccc6c5sc5ccccc56)cc4)c4ccc5c(c4)c(-c4ccccc4)c(-c4ccccc4)c4ccccc45)ccc3c2)cc1. The van der Waals surface area contributed by atoms with Crippen molar-refractivity contribution < 1.29 is 0 Å². The highest BCUT2D eigenvalue weighted by Gasteiger charge is 2.21. The van der Waals surface area contributed by atoms with E-state index in [9.17, 15) is 0 Å². The molecule has 0 amide bonds. The zero-order valence-corrected chi connectivity index (χ0v) is 34.7. The number of nitrogens with zero attached hydrogens (tertiary/aromatic N) is 1. The van der Waals surface area contributed by atoms with Crippen LogP contribution in [-0.4, -0.2) is 0 Å². The molecule has 0 fully saturated rings. The van der Waals surface area contributed by atoms with Gasteiger partial charge in [0.25, 0.3) is 0 Å². The quantitative estimate of drug-likeness (QED) is 0.145. The van der Waals surface area contributed by atoms with Crippen molar-refractivity contribution in [2.75, 3.05) is 4.90 Å². The lowest BCUT2D eigenvalue weighted by atomic mass is 9.85. The molecule has 0 N–H and O–H groups in total. The van der Waals surface area contributed by atoms with Gasteiger partial charge < -0.3 is 4.90 Å². The molecule has 0 bridgehead atoms. The van der Waals surface area contributed by atoms with Crippen LogP contribution in [0.15, 0.2) is 237 Å². The van der Waals surface area contributed by atoms with Gasteiger partial charge in [0.1, 0.15) is 0 Å². The van der Waals surface area contributed by atoms with Gasteiger partial charge >= 0.3 is 0 Å². The van der Waals surface area contributed by atoms with Crippen molar-refractivity contribution in [3.63, 3.8) is 0 Å². The average molecular weight is 806 g/mol. The Morgan fingerprint density at radius 2 is 0.790 bits per heavy atom. The molecule has 0 saturated carbocycles. The average Bonchev–Trinajstić information content (AvgIpc) is 3.74. The Morgan fingerprint density at radius 3 is 1.53 bits per heavy atom. The second-order valence-electron chi connectivity index (χ2n) is 16.0. The van der Waals surface area contributed by atoms with E-state index in [1.807, 2.05) is 11.3 Å². The Morgan fingerprint density at radius 1 is 0.274 bits per heavy atom. The van der Waals surface area contributed by atoms with E-state index in [4.69, 9.17) is 0 Å². The Labute approximate surface area is 365 Å². The van der Waals surface area contributed by atoms with Crippen LogP contribution in [0.25, 0.3) is 97.0 Å². The smallest absolute Gasteiger partial charge is 0.0468 e. The molecule has 0 spiro atoms. The summed E-state index contributed by atoms with van der Waals surface area (Å²) in [5.41, 5.74) is 13.1. The van der Waals surface area contributed by atoms with Crippen LogP contribution in [0.3, 0.4) is 0 Å². The number of fused-ring (bicyclic) bond motifs is 7. The summed E-state index contributed by atoms with van der Waals surface area (Å²) in [5, 5.41) is 10.0. The minimum absolute atomic E-state index is 1.10. The molecule has 290 valence electrons. The van der Waals surface area contributed by atoms with Gasteiger partial charge in [-0.1, -0.05) is 188 Å². The molecular weight excluding hydrogens is 767 g/mol. The summed E-state index contributed by atoms with van der Waals surface area (Å²) in [6.07, 6.45) is 0. The molecule has 1 aromatic heterocycles. The Kier molecular flexibility index (Phi) is 8.76. The molecule has 0 radical (unpaired) electrons. The van der Waals surface area contributed by atoms with E-state index in [1.165, 1.54) is 97.0 Å². The first kappa shape index (κ1) is 36.1. The van der Waals surface area contributed by atoms with Gasteiger partial charge in [0.2, 0.25) is 0 Å². The fourth-order valence-corrected chi connectivity index (χ4v) is 10.8. The number of anilines is 3. The van der Waals surface area contributed by atoms with E-state index in [0.717, 1.165) is 17.1 Å². The Bertz CT molecular complexity index is 3610. The molecule has 0 atom stereocenters. The molecule has 1 heterocycles. The highest BCUT2D eigenvalue weighted by molar-refractivity contribution is 7.26. The third kappa shape index (κ3) is 6.15. The maximum atomic E-state index is 2.43. The normalized spacial score (nSPS) is 11.5. The van der Waals surface area contributed by atoms with Crippen LogP contribution in [0.4, 0.5) is 17.1 Å². The zero-order valence-electron chi connectivity index (χ0n) is 33.9. The van der Waals surface area contributed by atoms with Crippen LogP contribution in [0.2, 0.25) is 0 Å². The van der Waals surface area contributed by atoms with Gasteiger partial charge in [-0.2, -0.15) is 0 Å². The fraction of sp³-hybridized carbons (Fsp3) is 0. The lowest BCUT2D eigenvalue weighted by Crippen LogP contribution is -2.10. The van der Waals surface area contributed by atoms with E-state index < -0.39 is 0 Å². The molecule has 0 saturated heterocycles. The summed E-state index contributed by atoms with van der Waals surface area (Å²) >= 11 is 1.88. The highest BCUT2D eigenvalue weighted by Crippen LogP contribution is 2.48. The second-order valence-corrected chi connectivity index (χ2v) is 17.1. The highest BCUT2D eigenvalue weighted by atomic mass is 32.1. The van der Waals surface area contributed by atoms with Crippen molar-refractivity contribution >= 4 is 80.9 Å². The lowest BCUT2D eigenvalue weighted by molar-refractivity contribution is 1.29. The Hall–Kier alpha value is -7.78. The van der Waals surface area contributed by atoms with Crippen LogP contribution in [0.1, 0.15) is 0 Å². The first-order chi connectivity index (χ1) is 30.7. The number of rotatable bonds is 7. The summed E-state index contributed by atoms with van der Waals surface area (Å²) in [6, 6.07) is 86.8. The number of hydrogen-bond acceptors (Lipinski definition) is 2. The summed E-state index contributed by atoms with van der Waals surface area (Å²) in [4.78, 5) is 2.43. The van der Waals surface area contributed by atoms with Crippen LogP contribution in [-0.2, 0) is 0 Å². The first-order valence-corrected chi connectivity index (χ1v) is 22.1. The van der Waals surface area contributed by atoms with Crippen LogP contribution in [0.5, 0.6) is 0 Å². The second kappa shape index (κ2) is 15.0. The molecule has 1 nitrogen and oxygen atoms in total. The molecule has 11 aromatic carbocycles. The molecule has 0 aliphatic rings. The van der Waals surface area contributed by atoms with Crippen molar-refractivity contribution in [2.24, 2.45) is 0 Å². The van der Waals surface area contributed by atoms with Crippen LogP contribution in [0, 0.1) is 0 Å². The molecule has 12 rings (SSSR count). The summed E-state index contributed by atoms with van der Waals surface area (Å²) < 4.78 is 2.64. The minimum atomic E-state index is 1.10. The van der Waals surface area contributed by atoms with Crippen molar-refractivity contribution in [3.05, 3.63) is 237 Å². The topological polar surface area (TPSA) is 3.24 Å². The van der Waals surface area contributed by atoms with E-state index >= 15 is 0 Å². The first-order valence-electron chi connectivity index (χ1n) is 21.2. The molecule has 0 aliphatic carbocycles. The van der Waals surface area contributed by atoms with Crippen molar-refractivity contribution in [3.8, 4) is 44.5 Å². The van der Waals surface area contributed by atoms with Gasteiger partial charge in [-0.15, -0.1) is 11.3 Å². The molecule has 0 unspecified atom stereocenters. The van der Waals surface area contributed by atoms with Gasteiger partial charge in [0, 0.05) is 37.2 Å². The molecule has 12 aromatic rings. The van der Waals surface area contributed by atoms with Gasteiger partial charge in [0.15, 0.2) is 0 Å². The maximum Gasteiger partial charge on any atom is 0.0468 e. The van der Waals surface area contributed by atoms with Gasteiger partial charge in [0.05, 0.1) is 0 Å². The lowest BCUT2D eigenvalue weighted by Gasteiger charge is -2.27. The fourth-order valence-electron chi connectivity index (χ4n) is 9.52. The largest absolute Gasteiger partial charge is 0.310 e. The monoisotopic (exact) mass is 805 g/mol. The van der Waals surface area contributed by atoms with Gasteiger partial charge in [-0.25, -0.2) is 0 Å². The van der Waals surface area contributed by atoms with Crippen LogP contribution >= 0.6 is 11.3 Å². The van der Waals surface area contributed by atoms with E-state index in [2.05, 4.69) is 241 Å². The van der Waals surface area contributed by atoms with Crippen molar-refractivity contribution in [1.82, 2.24) is 0 Å². The standard InChI is InChI=1S/C60H39NS/c1-4-15-40(16-5-1)44-27-28-46-38-48(34-31-45(46)37-44)61(47-32-29-41(30-33-47)50-24-14-25-55-53-22-12-13-26-57(53)62-60(50)55)49-35-36-52-51-21-10-11-23-54(51)58(42-17-6-2-7-18-42)59(56(52)39-49)43-19-8-3-9-20-43/h1-39H. The molecular formula is C60H39NS. The summed E-state index contributed by atoms with van der Waals surface area (Å²) in [6.45, 7) is 0. The van der Waals surface area contributed by atoms with Crippen molar-refractivity contribution in [1.29, 1.82) is 0 Å². The maximum absolute atomic E-state index is 2.43. The van der Waals surface area contributed by atoms with E-state index in [-0.39, 0.29) is 0 Å². The van der Waals surface area contributed by atoms with Crippen LogP contribution < -0.4 is 4.90 Å². The predicted octanol–water partition coefficient (Wildman–Crippen LogP) is 17.7. The number of benzene rings is 11. The Balaban J connectivity index is 1.07. The third-order valence-electron chi connectivity index (χ3n) is 12.4. The van der Waals surface area contributed by atoms with E-state index in [0.29, 0.717) is 0 Å². The summed E-state index contributed by atoms with van der Waals surface area (Å²) in [7, 11) is 0. The van der Waals surface area contributed by atoms with E-state index in [1.54, 1.807) is 0 Å². The molecule has 0 aliphatic heterocycles. The number of thiophene rings is 1. The van der Waals surface area contributed by atoms with Gasteiger partial charge in [-0.3, -0.25) is 0 Å². The predicted molar refractivity (Wildman–Crippen MR) is 268 cm³/mol. The summed E-state index contributed by atoms with van der Waals surface area (Å²) in [5.74, 6) is 0. The third-order valence-corrected chi connectivity index (χ3v) is 13.6. The molecule has 2 heteroatoms. The molecule has 62 heavy (non-hydrogen) atoms. The van der Waals surface area contributed by atoms with Gasteiger partial charge in [-0.05, 0) is 125 Å². The zero-order chi connectivity index (χ0) is 41.0. The minimum Gasteiger partial charge on any atom is -0.310 e.